The van der Waals surface area contributed by atoms with Crippen molar-refractivity contribution in [2.24, 2.45) is 5.73 Å². The molecule has 1 aromatic heterocycles. The molecule has 7 heteroatoms. The molecule has 3 rings (SSSR count). The molecule has 1 fully saturated rings. The van der Waals surface area contributed by atoms with Gasteiger partial charge in [0.2, 0.25) is 0 Å². The van der Waals surface area contributed by atoms with Gasteiger partial charge in [0.25, 0.3) is 5.91 Å². The van der Waals surface area contributed by atoms with Crippen molar-refractivity contribution in [2.75, 3.05) is 6.54 Å². The van der Waals surface area contributed by atoms with Gasteiger partial charge in [-0.25, -0.2) is 0 Å². The zero-order valence-corrected chi connectivity index (χ0v) is 13.8. The van der Waals surface area contributed by atoms with E-state index in [-0.39, 0.29) is 23.9 Å². The Morgan fingerprint density at radius 3 is 2.61 bits per heavy atom. The topological polar surface area (TPSA) is 85.8 Å². The number of aromatic nitrogens is 3. The van der Waals surface area contributed by atoms with Crippen molar-refractivity contribution in [1.29, 1.82) is 0 Å². The SMILES string of the molecule is Cl.NC1(CNC(=O)c2cnn(-c3ccccc3)n2)CCCCC1. The lowest BCUT2D eigenvalue weighted by Crippen LogP contribution is -2.51. The van der Waals surface area contributed by atoms with E-state index in [2.05, 4.69) is 15.5 Å². The van der Waals surface area contributed by atoms with E-state index in [4.69, 9.17) is 5.73 Å². The van der Waals surface area contributed by atoms with Gasteiger partial charge in [0.1, 0.15) is 0 Å². The number of rotatable bonds is 4. The van der Waals surface area contributed by atoms with Crippen LogP contribution in [0.4, 0.5) is 0 Å². The predicted octanol–water partition coefficient (Wildman–Crippen LogP) is 2.08. The summed E-state index contributed by atoms with van der Waals surface area (Å²) in [6.07, 6.45) is 6.91. The molecule has 1 aliphatic rings. The maximum absolute atomic E-state index is 12.2. The summed E-state index contributed by atoms with van der Waals surface area (Å²) in [5, 5.41) is 11.2. The van der Waals surface area contributed by atoms with Crippen molar-refractivity contribution in [3.63, 3.8) is 0 Å². The average molecular weight is 336 g/mol. The number of para-hydroxylation sites is 1. The zero-order chi connectivity index (χ0) is 15.4. The van der Waals surface area contributed by atoms with E-state index < -0.39 is 0 Å². The molecule has 23 heavy (non-hydrogen) atoms. The number of nitrogens with zero attached hydrogens (tertiary/aromatic N) is 3. The first kappa shape index (κ1) is 17.4. The average Bonchev–Trinajstić information content (AvgIpc) is 3.04. The van der Waals surface area contributed by atoms with E-state index in [1.807, 2.05) is 30.3 Å². The van der Waals surface area contributed by atoms with Crippen LogP contribution in [-0.2, 0) is 0 Å². The minimum atomic E-state index is -0.274. The first-order chi connectivity index (χ1) is 10.7. The normalized spacial score (nSPS) is 16.4. The van der Waals surface area contributed by atoms with Gasteiger partial charge in [-0.05, 0) is 25.0 Å². The van der Waals surface area contributed by atoms with E-state index in [9.17, 15) is 4.79 Å². The molecule has 3 N–H and O–H groups in total. The van der Waals surface area contributed by atoms with Crippen LogP contribution in [0.15, 0.2) is 36.5 Å². The Balaban J connectivity index is 0.00000192. The molecule has 1 heterocycles. The number of hydrogen-bond acceptors (Lipinski definition) is 4. The van der Waals surface area contributed by atoms with E-state index in [0.717, 1.165) is 31.4 Å². The third-order valence-corrected chi connectivity index (χ3v) is 4.16. The number of carbonyl (C=O) groups is 1. The number of nitrogens with two attached hydrogens (primary N) is 1. The highest BCUT2D eigenvalue weighted by atomic mass is 35.5. The fraction of sp³-hybridized carbons (Fsp3) is 0.438. The number of nitrogens with one attached hydrogen (secondary N) is 1. The molecule has 1 aliphatic carbocycles. The Hall–Kier alpha value is -1.92. The van der Waals surface area contributed by atoms with Crippen LogP contribution in [-0.4, -0.2) is 33.0 Å². The molecule has 0 saturated heterocycles. The first-order valence-electron chi connectivity index (χ1n) is 7.71. The van der Waals surface area contributed by atoms with Crippen molar-refractivity contribution in [3.8, 4) is 5.69 Å². The van der Waals surface area contributed by atoms with Gasteiger partial charge in [0.15, 0.2) is 5.69 Å². The van der Waals surface area contributed by atoms with E-state index in [1.54, 1.807) is 0 Å². The maximum Gasteiger partial charge on any atom is 0.273 e. The minimum absolute atomic E-state index is 0. The lowest BCUT2D eigenvalue weighted by Gasteiger charge is -2.33. The van der Waals surface area contributed by atoms with Gasteiger partial charge in [-0.1, -0.05) is 37.5 Å². The molecule has 124 valence electrons. The second-order valence-corrected chi connectivity index (χ2v) is 5.96. The zero-order valence-electron chi connectivity index (χ0n) is 12.9. The van der Waals surface area contributed by atoms with E-state index in [0.29, 0.717) is 12.2 Å². The highest BCUT2D eigenvalue weighted by Crippen LogP contribution is 2.25. The number of benzene rings is 1. The number of halogens is 1. The van der Waals surface area contributed by atoms with Crippen LogP contribution in [0.5, 0.6) is 0 Å². The fourth-order valence-corrected chi connectivity index (χ4v) is 2.83. The van der Waals surface area contributed by atoms with Crippen LogP contribution in [0.25, 0.3) is 5.69 Å². The summed E-state index contributed by atoms with van der Waals surface area (Å²) >= 11 is 0. The summed E-state index contributed by atoms with van der Waals surface area (Å²) in [4.78, 5) is 13.6. The van der Waals surface area contributed by atoms with E-state index >= 15 is 0 Å². The van der Waals surface area contributed by atoms with Crippen LogP contribution in [0.3, 0.4) is 0 Å². The molecule has 2 aromatic rings. The molecule has 0 aliphatic heterocycles. The molecule has 1 amide bonds. The number of amides is 1. The fourth-order valence-electron chi connectivity index (χ4n) is 2.83. The summed E-state index contributed by atoms with van der Waals surface area (Å²) in [7, 11) is 0. The van der Waals surface area contributed by atoms with E-state index in [1.165, 1.54) is 17.4 Å². The van der Waals surface area contributed by atoms with Gasteiger partial charge in [-0.3, -0.25) is 4.79 Å². The molecule has 1 aromatic carbocycles. The monoisotopic (exact) mass is 335 g/mol. The Morgan fingerprint density at radius 1 is 1.22 bits per heavy atom. The molecule has 0 radical (unpaired) electrons. The predicted molar refractivity (Wildman–Crippen MR) is 90.9 cm³/mol. The summed E-state index contributed by atoms with van der Waals surface area (Å²) in [5.74, 6) is -0.224. The van der Waals surface area contributed by atoms with Crippen molar-refractivity contribution in [3.05, 3.63) is 42.2 Å². The molecular formula is C16H22ClN5O. The summed E-state index contributed by atoms with van der Waals surface area (Å²) in [6, 6.07) is 9.50. The van der Waals surface area contributed by atoms with Gasteiger partial charge < -0.3 is 11.1 Å². The van der Waals surface area contributed by atoms with Crippen molar-refractivity contribution < 1.29 is 4.79 Å². The van der Waals surface area contributed by atoms with Crippen LogP contribution in [0, 0.1) is 0 Å². The minimum Gasteiger partial charge on any atom is -0.349 e. The molecule has 1 saturated carbocycles. The largest absolute Gasteiger partial charge is 0.349 e. The lowest BCUT2D eigenvalue weighted by molar-refractivity contribution is 0.0932. The maximum atomic E-state index is 12.2. The molecule has 0 unspecified atom stereocenters. The molecular weight excluding hydrogens is 314 g/mol. The van der Waals surface area contributed by atoms with Crippen LogP contribution in [0.2, 0.25) is 0 Å². The summed E-state index contributed by atoms with van der Waals surface area (Å²) in [6.45, 7) is 0.490. The lowest BCUT2D eigenvalue weighted by atomic mass is 9.82. The van der Waals surface area contributed by atoms with Crippen molar-refractivity contribution >= 4 is 18.3 Å². The first-order valence-corrected chi connectivity index (χ1v) is 7.71. The van der Waals surface area contributed by atoms with Gasteiger partial charge in [-0.2, -0.15) is 9.90 Å². The number of hydrogen-bond donors (Lipinski definition) is 2. The number of carbonyl (C=O) groups excluding carboxylic acids is 1. The quantitative estimate of drug-likeness (QED) is 0.895. The van der Waals surface area contributed by atoms with Crippen molar-refractivity contribution in [2.45, 2.75) is 37.6 Å². The standard InChI is InChI=1S/C16H21N5O.ClH/c17-16(9-5-2-6-10-16)12-18-15(22)14-11-19-21(20-14)13-7-3-1-4-8-13;/h1,3-4,7-8,11H,2,5-6,9-10,12,17H2,(H,18,22);1H. The van der Waals surface area contributed by atoms with Gasteiger partial charge in [0.05, 0.1) is 11.9 Å². The second kappa shape index (κ2) is 7.57. The Kier molecular flexibility index (Phi) is 5.74. The van der Waals surface area contributed by atoms with Gasteiger partial charge in [0, 0.05) is 12.1 Å². The Bertz CT molecular complexity index is 637. The van der Waals surface area contributed by atoms with Crippen LogP contribution in [0.1, 0.15) is 42.6 Å². The smallest absolute Gasteiger partial charge is 0.273 e. The molecule has 0 atom stereocenters. The summed E-state index contributed by atoms with van der Waals surface area (Å²) in [5.41, 5.74) is 7.18. The molecule has 6 nitrogen and oxygen atoms in total. The second-order valence-electron chi connectivity index (χ2n) is 5.96. The summed E-state index contributed by atoms with van der Waals surface area (Å²) < 4.78 is 0. The third kappa shape index (κ3) is 4.30. The highest BCUT2D eigenvalue weighted by molar-refractivity contribution is 5.91. The Morgan fingerprint density at radius 2 is 1.91 bits per heavy atom. The van der Waals surface area contributed by atoms with Gasteiger partial charge >= 0.3 is 0 Å². The Labute approximate surface area is 141 Å². The van der Waals surface area contributed by atoms with Crippen LogP contribution >= 0.6 is 12.4 Å². The third-order valence-electron chi connectivity index (χ3n) is 4.16. The van der Waals surface area contributed by atoms with Crippen molar-refractivity contribution in [1.82, 2.24) is 20.3 Å². The van der Waals surface area contributed by atoms with Gasteiger partial charge in [-0.15, -0.1) is 17.5 Å². The van der Waals surface area contributed by atoms with Crippen LogP contribution < -0.4 is 11.1 Å². The molecule has 0 bridgehead atoms. The highest BCUT2D eigenvalue weighted by Gasteiger charge is 2.28. The molecule has 0 spiro atoms.